The maximum absolute atomic E-state index is 14.2. The van der Waals surface area contributed by atoms with E-state index in [2.05, 4.69) is 11.7 Å². The van der Waals surface area contributed by atoms with E-state index in [-0.39, 0.29) is 25.2 Å². The lowest BCUT2D eigenvalue weighted by molar-refractivity contribution is -0.356. The number of halogens is 5. The predicted octanol–water partition coefficient (Wildman–Crippen LogP) is 4.66. The summed E-state index contributed by atoms with van der Waals surface area (Å²) in [5, 5.41) is 0. The van der Waals surface area contributed by atoms with Crippen molar-refractivity contribution in [1.82, 2.24) is 0 Å². The van der Waals surface area contributed by atoms with Gasteiger partial charge in [-0.2, -0.15) is 8.78 Å². The maximum atomic E-state index is 14.2. The van der Waals surface area contributed by atoms with Crippen LogP contribution in [0.15, 0.2) is 12.1 Å². The van der Waals surface area contributed by atoms with Gasteiger partial charge in [0.25, 0.3) is 6.29 Å². The van der Waals surface area contributed by atoms with Gasteiger partial charge in [0, 0.05) is 24.7 Å². The standard InChI is InChI=1S/C19H23F5O4/c1-2-3-11-4-5-16(25-8-11)12-9-26-18(27-10-12)19(23,24)28-13-6-14(20)17(22)15(21)7-13/h6-7,11-12,16,18H,2-5,8-10H2,1H3. The van der Waals surface area contributed by atoms with E-state index in [1.54, 1.807) is 0 Å². The van der Waals surface area contributed by atoms with Gasteiger partial charge >= 0.3 is 6.11 Å². The highest BCUT2D eigenvalue weighted by Crippen LogP contribution is 2.34. The second kappa shape index (κ2) is 8.92. The van der Waals surface area contributed by atoms with Crippen LogP contribution in [0.1, 0.15) is 32.6 Å². The van der Waals surface area contributed by atoms with Crippen LogP contribution >= 0.6 is 0 Å². The highest BCUT2D eigenvalue weighted by atomic mass is 19.3. The Hall–Kier alpha value is -1.45. The van der Waals surface area contributed by atoms with Crippen LogP contribution in [-0.2, 0) is 14.2 Å². The molecule has 0 radical (unpaired) electrons. The molecular formula is C19H23F5O4. The molecule has 0 amide bonds. The molecule has 4 nitrogen and oxygen atoms in total. The lowest BCUT2D eigenvalue weighted by Gasteiger charge is -2.38. The van der Waals surface area contributed by atoms with E-state index in [4.69, 9.17) is 14.2 Å². The van der Waals surface area contributed by atoms with E-state index >= 15 is 0 Å². The molecule has 0 aliphatic carbocycles. The Bertz CT molecular complexity index is 633. The van der Waals surface area contributed by atoms with Crippen molar-refractivity contribution in [2.24, 2.45) is 11.8 Å². The summed E-state index contributed by atoms with van der Waals surface area (Å²) in [5.74, 6) is -5.56. The lowest BCUT2D eigenvalue weighted by atomic mass is 9.89. The molecule has 3 rings (SSSR count). The van der Waals surface area contributed by atoms with Crippen molar-refractivity contribution in [2.45, 2.75) is 51.1 Å². The molecule has 158 valence electrons. The van der Waals surface area contributed by atoms with Gasteiger partial charge in [-0.15, -0.1) is 0 Å². The molecule has 0 N–H and O–H groups in total. The van der Waals surface area contributed by atoms with Gasteiger partial charge < -0.3 is 18.9 Å². The summed E-state index contributed by atoms with van der Waals surface area (Å²) in [4.78, 5) is 0. The molecule has 2 unspecified atom stereocenters. The minimum atomic E-state index is -4.01. The van der Waals surface area contributed by atoms with Gasteiger partial charge in [0.1, 0.15) is 5.75 Å². The van der Waals surface area contributed by atoms with Crippen molar-refractivity contribution in [3.63, 3.8) is 0 Å². The van der Waals surface area contributed by atoms with E-state index in [0.29, 0.717) is 24.7 Å². The summed E-state index contributed by atoms with van der Waals surface area (Å²) < 4.78 is 88.1. The second-order valence-electron chi connectivity index (χ2n) is 7.23. The Morgan fingerprint density at radius 3 is 2.18 bits per heavy atom. The van der Waals surface area contributed by atoms with E-state index in [9.17, 15) is 22.0 Å². The van der Waals surface area contributed by atoms with Gasteiger partial charge in [-0.3, -0.25) is 0 Å². The van der Waals surface area contributed by atoms with Crippen molar-refractivity contribution in [1.29, 1.82) is 0 Å². The van der Waals surface area contributed by atoms with Crippen LogP contribution in [0.5, 0.6) is 5.75 Å². The van der Waals surface area contributed by atoms with Gasteiger partial charge in [0.05, 0.1) is 19.3 Å². The largest absolute Gasteiger partial charge is 0.451 e. The summed E-state index contributed by atoms with van der Waals surface area (Å²) in [6.45, 7) is 2.73. The van der Waals surface area contributed by atoms with Crippen molar-refractivity contribution >= 4 is 0 Å². The molecule has 2 saturated heterocycles. The summed E-state index contributed by atoms with van der Waals surface area (Å²) in [6, 6.07) is 0.668. The first-order valence-electron chi connectivity index (χ1n) is 9.36. The van der Waals surface area contributed by atoms with Crippen LogP contribution in [0.2, 0.25) is 0 Å². The third-order valence-corrected chi connectivity index (χ3v) is 5.04. The minimum absolute atomic E-state index is 0.0150. The van der Waals surface area contributed by atoms with Gasteiger partial charge in [0.2, 0.25) is 0 Å². The van der Waals surface area contributed by atoms with E-state index in [0.717, 1.165) is 25.7 Å². The molecule has 2 aliphatic rings. The highest BCUT2D eigenvalue weighted by Gasteiger charge is 2.48. The van der Waals surface area contributed by atoms with Crippen LogP contribution in [0, 0.1) is 29.3 Å². The zero-order valence-corrected chi connectivity index (χ0v) is 15.4. The number of hydrogen-bond donors (Lipinski definition) is 0. The number of ether oxygens (including phenoxy) is 4. The third-order valence-electron chi connectivity index (χ3n) is 5.04. The molecular weight excluding hydrogens is 387 g/mol. The highest BCUT2D eigenvalue weighted by molar-refractivity contribution is 5.25. The molecule has 2 aliphatic heterocycles. The average molecular weight is 410 g/mol. The van der Waals surface area contributed by atoms with Crippen molar-refractivity contribution in [3.05, 3.63) is 29.6 Å². The Labute approximate surface area is 159 Å². The molecule has 28 heavy (non-hydrogen) atoms. The Morgan fingerprint density at radius 1 is 1.00 bits per heavy atom. The summed E-state index contributed by atoms with van der Waals surface area (Å²) in [5.41, 5.74) is 0. The summed E-state index contributed by atoms with van der Waals surface area (Å²) in [6.07, 6.45) is -2.16. The van der Waals surface area contributed by atoms with E-state index < -0.39 is 35.6 Å². The molecule has 0 bridgehead atoms. The van der Waals surface area contributed by atoms with Gasteiger partial charge in [-0.1, -0.05) is 13.3 Å². The summed E-state index contributed by atoms with van der Waals surface area (Å²) in [7, 11) is 0. The lowest BCUT2D eigenvalue weighted by Crippen LogP contribution is -2.50. The number of hydrogen-bond acceptors (Lipinski definition) is 4. The smallest absolute Gasteiger partial charge is 0.429 e. The molecule has 2 heterocycles. The monoisotopic (exact) mass is 410 g/mol. The Morgan fingerprint density at radius 2 is 1.64 bits per heavy atom. The fourth-order valence-corrected chi connectivity index (χ4v) is 3.56. The molecule has 2 fully saturated rings. The topological polar surface area (TPSA) is 36.9 Å². The molecule has 2 atom stereocenters. The van der Waals surface area contributed by atoms with Crippen LogP contribution in [0.4, 0.5) is 22.0 Å². The molecule has 1 aromatic carbocycles. The molecule has 0 spiro atoms. The van der Waals surface area contributed by atoms with Gasteiger partial charge in [-0.25, -0.2) is 13.2 Å². The average Bonchev–Trinajstić information content (AvgIpc) is 2.67. The molecule has 9 heteroatoms. The van der Waals surface area contributed by atoms with Gasteiger partial charge in [0.15, 0.2) is 17.5 Å². The van der Waals surface area contributed by atoms with Crippen LogP contribution in [0.3, 0.4) is 0 Å². The first-order valence-corrected chi connectivity index (χ1v) is 9.36. The quantitative estimate of drug-likeness (QED) is 0.505. The van der Waals surface area contributed by atoms with E-state index in [1.807, 2.05) is 0 Å². The minimum Gasteiger partial charge on any atom is -0.429 e. The maximum Gasteiger partial charge on any atom is 0.451 e. The fourth-order valence-electron chi connectivity index (χ4n) is 3.56. The van der Waals surface area contributed by atoms with Crippen LogP contribution < -0.4 is 4.74 Å². The first kappa shape index (κ1) is 21.3. The van der Waals surface area contributed by atoms with Crippen LogP contribution in [-0.4, -0.2) is 38.3 Å². The second-order valence-corrected chi connectivity index (χ2v) is 7.23. The van der Waals surface area contributed by atoms with Crippen molar-refractivity contribution < 1.29 is 40.9 Å². The zero-order chi connectivity index (χ0) is 20.3. The predicted molar refractivity (Wildman–Crippen MR) is 88.4 cm³/mol. The summed E-state index contributed by atoms with van der Waals surface area (Å²) >= 11 is 0. The van der Waals surface area contributed by atoms with Crippen molar-refractivity contribution in [2.75, 3.05) is 19.8 Å². The van der Waals surface area contributed by atoms with Crippen LogP contribution in [0.25, 0.3) is 0 Å². The number of rotatable bonds is 6. The normalized spacial score (nSPS) is 28.9. The van der Waals surface area contributed by atoms with Gasteiger partial charge in [-0.05, 0) is 25.2 Å². The SMILES string of the molecule is CCCC1CCC(C2COC(C(F)(F)Oc3cc(F)c(F)c(F)c3)OC2)OC1. The Kier molecular flexibility index (Phi) is 6.77. The molecule has 0 aromatic heterocycles. The number of benzene rings is 1. The fraction of sp³-hybridized carbons (Fsp3) is 0.684. The van der Waals surface area contributed by atoms with E-state index in [1.165, 1.54) is 0 Å². The first-order chi connectivity index (χ1) is 13.3. The molecule has 1 aromatic rings. The molecule has 0 saturated carbocycles. The number of alkyl halides is 2. The third kappa shape index (κ3) is 4.93. The Balaban J connectivity index is 1.52. The van der Waals surface area contributed by atoms with Crippen molar-refractivity contribution in [3.8, 4) is 5.75 Å². The zero-order valence-electron chi connectivity index (χ0n) is 15.4.